The minimum atomic E-state index is -1.95. The lowest BCUT2D eigenvalue weighted by Crippen LogP contribution is -2.43. The van der Waals surface area contributed by atoms with Crippen molar-refractivity contribution in [1.82, 2.24) is 0 Å². The first-order valence-corrected chi connectivity index (χ1v) is 10.0. The lowest BCUT2D eigenvalue weighted by molar-refractivity contribution is 0.411. The number of phenols is 1. The van der Waals surface area contributed by atoms with Crippen molar-refractivity contribution in [3.63, 3.8) is 0 Å². The summed E-state index contributed by atoms with van der Waals surface area (Å²) in [6.07, 6.45) is 0. The molecule has 3 nitrogen and oxygen atoms in total. The Labute approximate surface area is 127 Å². The zero-order valence-electron chi connectivity index (χ0n) is 13.7. The average Bonchev–Trinajstić information content (AvgIpc) is 2.37. The van der Waals surface area contributed by atoms with Gasteiger partial charge in [-0.05, 0) is 41.7 Å². The van der Waals surface area contributed by atoms with E-state index in [2.05, 4.69) is 33.9 Å². The number of rotatable bonds is 3. The van der Waals surface area contributed by atoms with Gasteiger partial charge in [-0.2, -0.15) is 0 Å². The molecule has 0 aliphatic heterocycles. The summed E-state index contributed by atoms with van der Waals surface area (Å²) in [4.78, 5) is 0. The fraction of sp³-hybridized carbons (Fsp3) is 0.412. The molecule has 0 saturated heterocycles. The molecule has 114 valence electrons. The lowest BCUT2D eigenvalue weighted by Gasteiger charge is -2.36. The maximum absolute atomic E-state index is 9.76. The van der Waals surface area contributed by atoms with Crippen molar-refractivity contribution in [3.8, 4) is 17.2 Å². The number of ether oxygens (including phenoxy) is 1. The topological polar surface area (TPSA) is 38.7 Å². The highest BCUT2D eigenvalue weighted by Gasteiger charge is 2.39. The van der Waals surface area contributed by atoms with E-state index in [4.69, 9.17) is 9.16 Å². The summed E-state index contributed by atoms with van der Waals surface area (Å²) in [5.74, 6) is 1.79. The van der Waals surface area contributed by atoms with Gasteiger partial charge in [-0.3, -0.25) is 0 Å². The molecule has 0 radical (unpaired) electrons. The van der Waals surface area contributed by atoms with Crippen LogP contribution in [0.4, 0.5) is 0 Å². The van der Waals surface area contributed by atoms with Gasteiger partial charge in [-0.1, -0.05) is 26.8 Å². The van der Waals surface area contributed by atoms with E-state index in [1.54, 1.807) is 19.2 Å². The van der Waals surface area contributed by atoms with E-state index in [0.717, 1.165) is 22.3 Å². The van der Waals surface area contributed by atoms with Crippen molar-refractivity contribution in [3.05, 3.63) is 30.3 Å². The standard InChI is InChI=1S/C17H24O3Si/c1-17(2,3)21(5,6)20-16-11-14(19-4)9-12-7-8-13(18)10-15(12)16/h7-11,18H,1-6H3. The van der Waals surface area contributed by atoms with E-state index in [9.17, 15) is 5.11 Å². The normalized spacial score (nSPS) is 12.5. The molecular weight excluding hydrogens is 280 g/mol. The molecule has 2 rings (SSSR count). The third-order valence-electron chi connectivity index (χ3n) is 4.28. The smallest absolute Gasteiger partial charge is 0.250 e. The van der Waals surface area contributed by atoms with Crippen LogP contribution in [0.3, 0.4) is 0 Å². The fourth-order valence-electron chi connectivity index (χ4n) is 1.92. The summed E-state index contributed by atoms with van der Waals surface area (Å²) >= 11 is 0. The van der Waals surface area contributed by atoms with Crippen molar-refractivity contribution in [1.29, 1.82) is 0 Å². The van der Waals surface area contributed by atoms with E-state index in [1.807, 2.05) is 18.2 Å². The van der Waals surface area contributed by atoms with Crippen molar-refractivity contribution < 1.29 is 14.3 Å². The summed E-state index contributed by atoms with van der Waals surface area (Å²) in [5.41, 5.74) is 0. The van der Waals surface area contributed by atoms with Crippen LogP contribution in [-0.4, -0.2) is 20.5 Å². The molecule has 4 heteroatoms. The monoisotopic (exact) mass is 304 g/mol. The van der Waals surface area contributed by atoms with E-state index in [1.165, 1.54) is 0 Å². The number of hydrogen-bond acceptors (Lipinski definition) is 3. The van der Waals surface area contributed by atoms with Crippen molar-refractivity contribution >= 4 is 19.1 Å². The summed E-state index contributed by atoms with van der Waals surface area (Å²) in [6.45, 7) is 11.0. The SMILES string of the molecule is COc1cc(O[Si](C)(C)C(C)(C)C)c2cc(O)ccc2c1. The molecule has 21 heavy (non-hydrogen) atoms. The minimum absolute atomic E-state index is 0.110. The largest absolute Gasteiger partial charge is 0.543 e. The highest BCUT2D eigenvalue weighted by molar-refractivity contribution is 6.74. The summed E-state index contributed by atoms with van der Waals surface area (Å²) in [5, 5.41) is 11.8. The van der Waals surface area contributed by atoms with Gasteiger partial charge in [0.1, 0.15) is 17.2 Å². The number of aromatic hydroxyl groups is 1. The van der Waals surface area contributed by atoms with Crippen LogP contribution in [0.2, 0.25) is 18.1 Å². The van der Waals surface area contributed by atoms with Gasteiger partial charge in [0.25, 0.3) is 8.32 Å². The van der Waals surface area contributed by atoms with Crippen molar-refractivity contribution in [2.45, 2.75) is 38.9 Å². The third kappa shape index (κ3) is 3.15. The van der Waals surface area contributed by atoms with Crippen LogP contribution >= 0.6 is 0 Å². The molecule has 0 aromatic heterocycles. The van der Waals surface area contributed by atoms with E-state index in [0.29, 0.717) is 0 Å². The van der Waals surface area contributed by atoms with Gasteiger partial charge in [-0.25, -0.2) is 0 Å². The number of methoxy groups -OCH3 is 1. The second-order valence-electron chi connectivity index (χ2n) is 6.89. The molecule has 1 N–H and O–H groups in total. The highest BCUT2D eigenvalue weighted by Crippen LogP contribution is 2.41. The molecule has 2 aromatic carbocycles. The van der Waals surface area contributed by atoms with Crippen molar-refractivity contribution in [2.24, 2.45) is 0 Å². The predicted molar refractivity (Wildman–Crippen MR) is 90.0 cm³/mol. The predicted octanol–water partition coefficient (Wildman–Crippen LogP) is 4.94. The molecule has 0 atom stereocenters. The zero-order valence-corrected chi connectivity index (χ0v) is 14.7. The van der Waals surface area contributed by atoms with Crippen LogP contribution in [0.5, 0.6) is 17.2 Å². The van der Waals surface area contributed by atoms with Gasteiger partial charge in [0.15, 0.2) is 0 Å². The Morgan fingerprint density at radius 2 is 1.71 bits per heavy atom. The van der Waals surface area contributed by atoms with Crippen LogP contribution < -0.4 is 9.16 Å². The lowest BCUT2D eigenvalue weighted by atomic mass is 10.1. The first-order valence-electron chi connectivity index (χ1n) is 7.14. The van der Waals surface area contributed by atoms with Crippen LogP contribution in [0.25, 0.3) is 10.8 Å². The first kappa shape index (κ1) is 15.7. The molecule has 0 bridgehead atoms. The Hall–Kier alpha value is -1.68. The van der Waals surface area contributed by atoms with Gasteiger partial charge < -0.3 is 14.3 Å². The Bertz CT molecular complexity index is 657. The average molecular weight is 304 g/mol. The van der Waals surface area contributed by atoms with Gasteiger partial charge in [0.05, 0.1) is 7.11 Å². The van der Waals surface area contributed by atoms with E-state index >= 15 is 0 Å². The second kappa shape index (κ2) is 5.26. The number of benzene rings is 2. The van der Waals surface area contributed by atoms with Crippen LogP contribution in [0.1, 0.15) is 20.8 Å². The number of fused-ring (bicyclic) bond motifs is 1. The van der Waals surface area contributed by atoms with E-state index in [-0.39, 0.29) is 10.8 Å². The molecule has 2 aromatic rings. The van der Waals surface area contributed by atoms with Crippen molar-refractivity contribution in [2.75, 3.05) is 7.11 Å². The summed E-state index contributed by atoms with van der Waals surface area (Å²) in [7, 11) is -0.303. The third-order valence-corrected chi connectivity index (χ3v) is 8.62. The number of phenolic OH excluding ortho intramolecular Hbond substituents is 1. The molecular formula is C17H24O3Si. The maximum atomic E-state index is 9.76. The number of hydrogen-bond donors (Lipinski definition) is 1. The van der Waals surface area contributed by atoms with Gasteiger partial charge in [-0.15, -0.1) is 0 Å². The summed E-state index contributed by atoms with van der Waals surface area (Å²) in [6, 6.07) is 9.16. The van der Waals surface area contributed by atoms with Gasteiger partial charge in [0.2, 0.25) is 0 Å². The van der Waals surface area contributed by atoms with Gasteiger partial charge >= 0.3 is 0 Å². The summed E-state index contributed by atoms with van der Waals surface area (Å²) < 4.78 is 11.8. The molecule has 0 fully saturated rings. The Morgan fingerprint density at radius 1 is 1.05 bits per heavy atom. The minimum Gasteiger partial charge on any atom is -0.543 e. The van der Waals surface area contributed by atoms with Crippen LogP contribution in [0.15, 0.2) is 30.3 Å². The van der Waals surface area contributed by atoms with Crippen LogP contribution in [-0.2, 0) is 0 Å². The molecule has 0 unspecified atom stereocenters. The van der Waals surface area contributed by atoms with Gasteiger partial charge in [0, 0.05) is 11.5 Å². The Kier molecular flexibility index (Phi) is 3.93. The Morgan fingerprint density at radius 3 is 2.29 bits per heavy atom. The fourth-order valence-corrected chi connectivity index (χ4v) is 2.94. The molecule has 0 aliphatic carbocycles. The maximum Gasteiger partial charge on any atom is 0.250 e. The molecule has 0 amide bonds. The highest BCUT2D eigenvalue weighted by atomic mass is 28.4. The Balaban J connectivity index is 2.59. The van der Waals surface area contributed by atoms with E-state index < -0.39 is 8.32 Å². The quantitative estimate of drug-likeness (QED) is 0.816. The second-order valence-corrected chi connectivity index (χ2v) is 11.6. The molecule has 0 aliphatic rings. The molecule has 0 spiro atoms. The molecule has 0 saturated carbocycles. The molecule has 0 heterocycles. The zero-order chi connectivity index (χ0) is 15.8. The first-order chi connectivity index (χ1) is 9.64. The van der Waals surface area contributed by atoms with Crippen LogP contribution in [0, 0.1) is 0 Å².